The van der Waals surface area contributed by atoms with Crippen LogP contribution in [0.15, 0.2) is 30.5 Å². The summed E-state index contributed by atoms with van der Waals surface area (Å²) in [5.74, 6) is 0.866. The molecule has 2 aliphatic rings. The first kappa shape index (κ1) is 21.5. The average molecular weight is 473 g/mol. The summed E-state index contributed by atoms with van der Waals surface area (Å²) in [6.45, 7) is 4.45. The van der Waals surface area contributed by atoms with Gasteiger partial charge < -0.3 is 15.5 Å². The van der Waals surface area contributed by atoms with Crippen molar-refractivity contribution in [3.05, 3.63) is 57.3 Å². The Hall–Kier alpha value is -2.35. The largest absolute Gasteiger partial charge is 0.355 e. The van der Waals surface area contributed by atoms with Crippen LogP contribution < -0.4 is 10.6 Å². The van der Waals surface area contributed by atoms with Gasteiger partial charge in [-0.25, -0.2) is 9.50 Å². The second-order valence-electron chi connectivity index (χ2n) is 8.75. The molecule has 2 aliphatic heterocycles. The first-order valence-electron chi connectivity index (χ1n) is 11.0. The fraction of sp³-hybridized carbons (Fsp3) is 0.435. The molecule has 168 valence electrons. The maximum absolute atomic E-state index is 13.4. The van der Waals surface area contributed by atoms with Crippen LogP contribution in [-0.4, -0.2) is 51.1 Å². The number of anilines is 1. The Bertz CT molecular complexity index is 1180. The van der Waals surface area contributed by atoms with Crippen molar-refractivity contribution in [1.82, 2.24) is 19.5 Å². The van der Waals surface area contributed by atoms with Gasteiger partial charge in [-0.3, -0.25) is 4.79 Å². The van der Waals surface area contributed by atoms with Crippen LogP contribution in [0.25, 0.3) is 5.65 Å². The fourth-order valence-electron chi connectivity index (χ4n) is 4.78. The van der Waals surface area contributed by atoms with E-state index < -0.39 is 0 Å². The van der Waals surface area contributed by atoms with Crippen molar-refractivity contribution in [2.75, 3.05) is 24.5 Å². The zero-order valence-electron chi connectivity index (χ0n) is 18.0. The average Bonchev–Trinajstić information content (AvgIpc) is 3.38. The Morgan fingerprint density at radius 3 is 2.75 bits per heavy atom. The SMILES string of the molecule is Cc1cn2nc(C3CCCCN3C(=O)c3ccc(Cl)cc3Cl)cc2nc1N1CCC(N)C1. The lowest BCUT2D eigenvalue weighted by atomic mass is 9.98. The second-order valence-corrected chi connectivity index (χ2v) is 9.59. The van der Waals surface area contributed by atoms with E-state index in [1.54, 1.807) is 18.2 Å². The molecule has 1 amide bonds. The number of nitrogens with zero attached hydrogens (tertiary/aromatic N) is 5. The van der Waals surface area contributed by atoms with Gasteiger partial charge in [0, 0.05) is 48.5 Å². The van der Waals surface area contributed by atoms with E-state index in [2.05, 4.69) is 4.90 Å². The van der Waals surface area contributed by atoms with Crippen LogP contribution in [0.4, 0.5) is 5.82 Å². The summed E-state index contributed by atoms with van der Waals surface area (Å²) in [6.07, 6.45) is 5.84. The number of hydrogen-bond donors (Lipinski definition) is 1. The lowest BCUT2D eigenvalue weighted by Gasteiger charge is -2.35. The Kier molecular flexibility index (Phi) is 5.73. The first-order valence-corrected chi connectivity index (χ1v) is 11.8. The topological polar surface area (TPSA) is 79.8 Å². The lowest BCUT2D eigenvalue weighted by Crippen LogP contribution is -2.38. The first-order chi connectivity index (χ1) is 15.4. The highest BCUT2D eigenvalue weighted by molar-refractivity contribution is 6.36. The Morgan fingerprint density at radius 1 is 1.16 bits per heavy atom. The molecule has 1 aromatic carbocycles. The van der Waals surface area contributed by atoms with Crippen molar-refractivity contribution in [2.24, 2.45) is 5.73 Å². The zero-order chi connectivity index (χ0) is 22.4. The number of halogens is 2. The van der Waals surface area contributed by atoms with E-state index in [0.29, 0.717) is 22.2 Å². The maximum atomic E-state index is 13.4. The maximum Gasteiger partial charge on any atom is 0.255 e. The number of likely N-dealkylation sites (tertiary alicyclic amines) is 1. The van der Waals surface area contributed by atoms with E-state index >= 15 is 0 Å². The minimum absolute atomic E-state index is 0.0932. The molecule has 32 heavy (non-hydrogen) atoms. The van der Waals surface area contributed by atoms with Crippen LogP contribution in [0.1, 0.15) is 53.3 Å². The van der Waals surface area contributed by atoms with Crippen molar-refractivity contribution in [1.29, 1.82) is 0 Å². The Balaban J connectivity index is 1.47. The highest BCUT2D eigenvalue weighted by Crippen LogP contribution is 2.34. The van der Waals surface area contributed by atoms with Gasteiger partial charge in [0.05, 0.1) is 22.3 Å². The molecule has 5 rings (SSSR count). The molecule has 3 aromatic rings. The number of carbonyl (C=O) groups excluding carboxylic acids is 1. The van der Waals surface area contributed by atoms with Gasteiger partial charge in [0.1, 0.15) is 5.82 Å². The number of amides is 1. The Morgan fingerprint density at radius 2 is 2.00 bits per heavy atom. The smallest absolute Gasteiger partial charge is 0.255 e. The molecule has 2 aromatic heterocycles. The molecule has 0 aliphatic carbocycles. The summed E-state index contributed by atoms with van der Waals surface area (Å²) < 4.78 is 1.82. The molecular weight excluding hydrogens is 447 g/mol. The molecule has 2 atom stereocenters. The van der Waals surface area contributed by atoms with Crippen molar-refractivity contribution >= 4 is 40.6 Å². The van der Waals surface area contributed by atoms with E-state index in [1.807, 2.05) is 28.6 Å². The standard InChI is InChI=1S/C23H26Cl2N6O/c1-14-12-31-21(27-22(14)29-9-7-16(26)13-29)11-19(28-31)20-4-2-3-8-30(20)23(32)17-6-5-15(24)10-18(17)25/h5-6,10-12,16,20H,2-4,7-9,13,26H2,1H3. The zero-order valence-corrected chi connectivity index (χ0v) is 19.5. The molecule has 0 saturated carbocycles. The quantitative estimate of drug-likeness (QED) is 0.616. The number of carbonyl (C=O) groups is 1. The third-order valence-corrected chi connectivity index (χ3v) is 6.96. The van der Waals surface area contributed by atoms with Gasteiger partial charge in [0.15, 0.2) is 5.65 Å². The molecule has 2 fully saturated rings. The number of nitrogens with two attached hydrogens (primary N) is 1. The number of aromatic nitrogens is 3. The predicted molar refractivity (Wildman–Crippen MR) is 127 cm³/mol. The molecular formula is C23H26Cl2N6O. The summed E-state index contributed by atoms with van der Waals surface area (Å²) >= 11 is 12.4. The summed E-state index contributed by atoms with van der Waals surface area (Å²) in [5.41, 5.74) is 9.26. The molecule has 7 nitrogen and oxygen atoms in total. The van der Waals surface area contributed by atoms with Gasteiger partial charge in [-0.2, -0.15) is 5.10 Å². The van der Waals surface area contributed by atoms with Gasteiger partial charge in [-0.15, -0.1) is 0 Å². The monoisotopic (exact) mass is 472 g/mol. The van der Waals surface area contributed by atoms with Gasteiger partial charge in [-0.1, -0.05) is 23.2 Å². The summed E-state index contributed by atoms with van der Waals surface area (Å²) in [5, 5.41) is 5.69. The minimum Gasteiger partial charge on any atom is -0.355 e. The highest BCUT2D eigenvalue weighted by atomic mass is 35.5. The second kappa shape index (κ2) is 8.54. The number of hydrogen-bond acceptors (Lipinski definition) is 5. The molecule has 0 bridgehead atoms. The fourth-order valence-corrected chi connectivity index (χ4v) is 5.27. The minimum atomic E-state index is -0.117. The summed E-state index contributed by atoms with van der Waals surface area (Å²) in [6, 6.07) is 7.07. The number of fused-ring (bicyclic) bond motifs is 1. The van der Waals surface area contributed by atoms with E-state index in [9.17, 15) is 4.79 Å². The van der Waals surface area contributed by atoms with E-state index in [4.69, 9.17) is 39.0 Å². The number of piperidine rings is 1. The molecule has 2 unspecified atom stereocenters. The number of rotatable bonds is 3. The molecule has 0 radical (unpaired) electrons. The van der Waals surface area contributed by atoms with Crippen LogP contribution in [-0.2, 0) is 0 Å². The summed E-state index contributed by atoms with van der Waals surface area (Å²) in [7, 11) is 0. The van der Waals surface area contributed by atoms with E-state index in [0.717, 1.165) is 61.5 Å². The van der Waals surface area contributed by atoms with E-state index in [-0.39, 0.29) is 18.0 Å². The molecule has 4 heterocycles. The van der Waals surface area contributed by atoms with Crippen molar-refractivity contribution in [3.8, 4) is 0 Å². The lowest BCUT2D eigenvalue weighted by molar-refractivity contribution is 0.0606. The van der Waals surface area contributed by atoms with Crippen LogP contribution in [0.2, 0.25) is 10.0 Å². The van der Waals surface area contributed by atoms with Crippen molar-refractivity contribution < 1.29 is 4.79 Å². The van der Waals surface area contributed by atoms with Gasteiger partial charge in [-0.05, 0) is 50.8 Å². The van der Waals surface area contributed by atoms with Crippen molar-refractivity contribution in [3.63, 3.8) is 0 Å². The van der Waals surface area contributed by atoms with Gasteiger partial charge in [0.2, 0.25) is 0 Å². The van der Waals surface area contributed by atoms with Crippen LogP contribution in [0.5, 0.6) is 0 Å². The molecule has 2 saturated heterocycles. The van der Waals surface area contributed by atoms with Crippen LogP contribution in [0.3, 0.4) is 0 Å². The highest BCUT2D eigenvalue weighted by Gasteiger charge is 2.32. The number of aryl methyl sites for hydroxylation is 1. The summed E-state index contributed by atoms with van der Waals surface area (Å²) in [4.78, 5) is 22.4. The van der Waals surface area contributed by atoms with Gasteiger partial charge in [0.25, 0.3) is 5.91 Å². The normalized spacial score (nSPS) is 21.5. The van der Waals surface area contributed by atoms with Crippen LogP contribution in [0, 0.1) is 6.92 Å². The molecule has 2 N–H and O–H groups in total. The predicted octanol–water partition coefficient (Wildman–Crippen LogP) is 4.25. The molecule has 9 heteroatoms. The third kappa shape index (κ3) is 3.93. The van der Waals surface area contributed by atoms with Crippen molar-refractivity contribution in [2.45, 2.75) is 44.7 Å². The van der Waals surface area contributed by atoms with Crippen LogP contribution >= 0.6 is 23.2 Å². The van der Waals surface area contributed by atoms with Gasteiger partial charge >= 0.3 is 0 Å². The van der Waals surface area contributed by atoms with E-state index in [1.165, 1.54) is 0 Å². The third-order valence-electron chi connectivity index (χ3n) is 6.41. The Labute approximate surface area is 197 Å². The molecule has 0 spiro atoms. The number of benzene rings is 1.